The summed E-state index contributed by atoms with van der Waals surface area (Å²) in [5.74, 6) is 0. The van der Waals surface area contributed by atoms with Crippen molar-refractivity contribution in [3.8, 4) is 0 Å². The van der Waals surface area contributed by atoms with Crippen molar-refractivity contribution in [3.05, 3.63) is 21.3 Å². The summed E-state index contributed by atoms with van der Waals surface area (Å²) in [6.45, 7) is 2.20. The van der Waals surface area contributed by atoms with Gasteiger partial charge in [-0.1, -0.05) is 37.8 Å². The van der Waals surface area contributed by atoms with E-state index in [4.69, 9.17) is 17.3 Å². The molecule has 2 N–H and O–H groups in total. The van der Waals surface area contributed by atoms with Crippen LogP contribution in [0.2, 0.25) is 4.34 Å². The van der Waals surface area contributed by atoms with Crippen LogP contribution in [0.15, 0.2) is 12.1 Å². The molecule has 0 spiro atoms. The standard InChI is InChI=1S/C10H16ClNS/c1-2-3-4-5-8(12)9-6-7-10(11)13-9/h6-8H,2-5,12H2,1H3/t8-/m0/s1. The van der Waals surface area contributed by atoms with Crippen LogP contribution in [-0.4, -0.2) is 0 Å². The van der Waals surface area contributed by atoms with Gasteiger partial charge in [0.1, 0.15) is 0 Å². The van der Waals surface area contributed by atoms with Gasteiger partial charge in [-0.15, -0.1) is 11.3 Å². The Morgan fingerprint density at radius 1 is 1.46 bits per heavy atom. The Balaban J connectivity index is 2.35. The number of rotatable bonds is 5. The second-order valence-corrected chi connectivity index (χ2v) is 4.99. The normalized spacial score (nSPS) is 13.2. The smallest absolute Gasteiger partial charge is 0.0931 e. The van der Waals surface area contributed by atoms with Crippen LogP contribution in [0.25, 0.3) is 0 Å². The molecular weight excluding hydrogens is 202 g/mol. The SMILES string of the molecule is CCCCC[C@H](N)c1ccc(Cl)s1. The Labute approximate surface area is 88.9 Å². The molecule has 1 heterocycles. The molecule has 0 saturated heterocycles. The van der Waals surface area contributed by atoms with Crippen LogP contribution < -0.4 is 5.73 Å². The van der Waals surface area contributed by atoms with Gasteiger partial charge in [0.05, 0.1) is 4.34 Å². The molecule has 0 unspecified atom stereocenters. The van der Waals surface area contributed by atoms with Crippen LogP contribution in [0.1, 0.15) is 43.5 Å². The van der Waals surface area contributed by atoms with Gasteiger partial charge in [0.2, 0.25) is 0 Å². The maximum absolute atomic E-state index is 6.00. The number of halogens is 1. The summed E-state index contributed by atoms with van der Waals surface area (Å²) in [5, 5.41) is 0. The molecule has 13 heavy (non-hydrogen) atoms. The van der Waals surface area contributed by atoms with Crippen LogP contribution in [-0.2, 0) is 0 Å². The molecule has 0 fully saturated rings. The Morgan fingerprint density at radius 2 is 2.23 bits per heavy atom. The lowest BCUT2D eigenvalue weighted by Gasteiger charge is -2.07. The zero-order valence-corrected chi connectivity index (χ0v) is 9.50. The molecular formula is C10H16ClNS. The van der Waals surface area contributed by atoms with Gasteiger partial charge >= 0.3 is 0 Å². The summed E-state index contributed by atoms with van der Waals surface area (Å²) in [6, 6.07) is 4.13. The minimum atomic E-state index is 0.184. The first kappa shape index (κ1) is 11.0. The summed E-state index contributed by atoms with van der Waals surface area (Å²) >= 11 is 7.42. The second kappa shape index (κ2) is 5.63. The van der Waals surface area contributed by atoms with E-state index in [0.29, 0.717) is 0 Å². The van der Waals surface area contributed by atoms with E-state index in [1.807, 2.05) is 12.1 Å². The van der Waals surface area contributed by atoms with Gasteiger partial charge in [-0.05, 0) is 18.6 Å². The molecule has 1 aromatic heterocycles. The average Bonchev–Trinajstić information content (AvgIpc) is 2.52. The Hall–Kier alpha value is -0.0500. The van der Waals surface area contributed by atoms with Gasteiger partial charge in [-0.25, -0.2) is 0 Å². The van der Waals surface area contributed by atoms with Crippen molar-refractivity contribution in [2.45, 2.75) is 38.6 Å². The zero-order valence-electron chi connectivity index (χ0n) is 7.92. The zero-order chi connectivity index (χ0) is 9.68. The predicted octanol–water partition coefficient (Wildman–Crippen LogP) is 3.98. The number of nitrogens with two attached hydrogens (primary N) is 1. The minimum Gasteiger partial charge on any atom is -0.323 e. The number of thiophene rings is 1. The summed E-state index contributed by atoms with van der Waals surface area (Å²) in [7, 11) is 0. The van der Waals surface area contributed by atoms with Crippen molar-refractivity contribution >= 4 is 22.9 Å². The van der Waals surface area contributed by atoms with Crippen LogP contribution in [0, 0.1) is 0 Å². The quantitative estimate of drug-likeness (QED) is 0.742. The molecule has 0 aliphatic rings. The third-order valence-electron chi connectivity index (χ3n) is 2.08. The molecule has 1 atom stereocenters. The molecule has 0 amide bonds. The first-order valence-corrected chi connectivity index (χ1v) is 5.94. The minimum absolute atomic E-state index is 0.184. The van der Waals surface area contributed by atoms with Gasteiger partial charge < -0.3 is 5.73 Å². The highest BCUT2D eigenvalue weighted by atomic mass is 35.5. The van der Waals surface area contributed by atoms with Crippen molar-refractivity contribution in [2.24, 2.45) is 5.73 Å². The van der Waals surface area contributed by atoms with E-state index in [1.54, 1.807) is 11.3 Å². The first-order valence-electron chi connectivity index (χ1n) is 4.75. The van der Waals surface area contributed by atoms with Gasteiger partial charge in [0, 0.05) is 10.9 Å². The number of hydrogen-bond acceptors (Lipinski definition) is 2. The highest BCUT2D eigenvalue weighted by Gasteiger charge is 2.07. The van der Waals surface area contributed by atoms with E-state index in [0.717, 1.165) is 10.8 Å². The lowest BCUT2D eigenvalue weighted by atomic mass is 10.1. The Kier molecular flexibility index (Phi) is 4.78. The number of hydrogen-bond donors (Lipinski definition) is 1. The fraction of sp³-hybridized carbons (Fsp3) is 0.600. The van der Waals surface area contributed by atoms with E-state index in [2.05, 4.69) is 6.92 Å². The van der Waals surface area contributed by atoms with Crippen LogP contribution in [0.3, 0.4) is 0 Å². The molecule has 1 aromatic rings. The second-order valence-electron chi connectivity index (χ2n) is 3.24. The van der Waals surface area contributed by atoms with E-state index in [9.17, 15) is 0 Å². The number of unbranched alkanes of at least 4 members (excludes halogenated alkanes) is 2. The Morgan fingerprint density at radius 3 is 2.77 bits per heavy atom. The van der Waals surface area contributed by atoms with Crippen LogP contribution in [0.4, 0.5) is 0 Å². The maximum atomic E-state index is 6.00. The largest absolute Gasteiger partial charge is 0.323 e. The molecule has 0 aliphatic heterocycles. The van der Waals surface area contributed by atoms with Crippen molar-refractivity contribution in [2.75, 3.05) is 0 Å². The highest BCUT2D eigenvalue weighted by molar-refractivity contribution is 7.16. The van der Waals surface area contributed by atoms with E-state index in [-0.39, 0.29) is 6.04 Å². The fourth-order valence-electron chi connectivity index (χ4n) is 1.28. The summed E-state index contributed by atoms with van der Waals surface area (Å²) in [4.78, 5) is 1.21. The summed E-state index contributed by atoms with van der Waals surface area (Å²) in [5.41, 5.74) is 6.00. The maximum Gasteiger partial charge on any atom is 0.0931 e. The molecule has 0 radical (unpaired) electrons. The molecule has 0 bridgehead atoms. The predicted molar refractivity (Wildman–Crippen MR) is 60.4 cm³/mol. The molecule has 3 heteroatoms. The molecule has 0 saturated carbocycles. The fourth-order valence-corrected chi connectivity index (χ4v) is 2.38. The summed E-state index contributed by atoms with van der Waals surface area (Å²) < 4.78 is 0.834. The third-order valence-corrected chi connectivity index (χ3v) is 3.44. The molecule has 1 nitrogen and oxygen atoms in total. The molecule has 1 rings (SSSR count). The van der Waals surface area contributed by atoms with Crippen molar-refractivity contribution in [3.63, 3.8) is 0 Å². The lowest BCUT2D eigenvalue weighted by Crippen LogP contribution is -2.07. The van der Waals surface area contributed by atoms with Crippen LogP contribution in [0.5, 0.6) is 0 Å². The lowest BCUT2D eigenvalue weighted by molar-refractivity contribution is 0.587. The van der Waals surface area contributed by atoms with Gasteiger partial charge in [0.15, 0.2) is 0 Å². The van der Waals surface area contributed by atoms with Crippen molar-refractivity contribution in [1.29, 1.82) is 0 Å². The van der Waals surface area contributed by atoms with E-state index >= 15 is 0 Å². The van der Waals surface area contributed by atoms with Gasteiger partial charge in [-0.2, -0.15) is 0 Å². The molecule has 0 aliphatic carbocycles. The van der Waals surface area contributed by atoms with Crippen molar-refractivity contribution in [1.82, 2.24) is 0 Å². The van der Waals surface area contributed by atoms with Gasteiger partial charge in [0.25, 0.3) is 0 Å². The van der Waals surface area contributed by atoms with E-state index < -0.39 is 0 Å². The highest BCUT2D eigenvalue weighted by Crippen LogP contribution is 2.28. The molecule has 0 aromatic carbocycles. The van der Waals surface area contributed by atoms with Crippen molar-refractivity contribution < 1.29 is 0 Å². The Bertz CT molecular complexity index is 247. The monoisotopic (exact) mass is 217 g/mol. The van der Waals surface area contributed by atoms with Gasteiger partial charge in [-0.3, -0.25) is 0 Å². The molecule has 74 valence electrons. The van der Waals surface area contributed by atoms with E-state index in [1.165, 1.54) is 24.1 Å². The summed E-state index contributed by atoms with van der Waals surface area (Å²) in [6.07, 6.45) is 4.81. The third kappa shape index (κ3) is 3.67. The topological polar surface area (TPSA) is 26.0 Å². The van der Waals surface area contributed by atoms with Crippen LogP contribution >= 0.6 is 22.9 Å². The average molecular weight is 218 g/mol. The first-order chi connectivity index (χ1) is 6.24.